The minimum Gasteiger partial charge on any atom is -0.456 e. The van der Waals surface area contributed by atoms with Crippen LogP contribution in [0.5, 0.6) is 0 Å². The van der Waals surface area contributed by atoms with Crippen LogP contribution in [0.4, 0.5) is 0 Å². The van der Waals surface area contributed by atoms with Gasteiger partial charge in [-0.25, -0.2) is 4.79 Å². The van der Waals surface area contributed by atoms with Crippen molar-refractivity contribution in [2.45, 2.75) is 18.9 Å². The highest BCUT2D eigenvalue weighted by Gasteiger charge is 2.67. The number of likely N-dealkylation sites (tertiary alicyclic amines) is 1. The largest absolute Gasteiger partial charge is 0.456 e. The number of amides is 2. The molecule has 0 radical (unpaired) electrons. The molecule has 0 unspecified atom stereocenters. The van der Waals surface area contributed by atoms with E-state index in [0.717, 1.165) is 6.42 Å². The van der Waals surface area contributed by atoms with Crippen molar-refractivity contribution in [2.75, 3.05) is 18.6 Å². The summed E-state index contributed by atoms with van der Waals surface area (Å²) in [5.74, 6) is -0.228. The Bertz CT molecular complexity index is 890. The van der Waals surface area contributed by atoms with E-state index in [2.05, 4.69) is 12.2 Å². The van der Waals surface area contributed by atoms with E-state index in [1.807, 2.05) is 6.26 Å². The zero-order chi connectivity index (χ0) is 21.0. The zero-order valence-electron chi connectivity index (χ0n) is 16.6. The van der Waals surface area contributed by atoms with Crippen molar-refractivity contribution < 1.29 is 23.9 Å². The van der Waals surface area contributed by atoms with E-state index in [0.29, 0.717) is 28.9 Å². The third-order valence-electron chi connectivity index (χ3n) is 7.02. The number of hydrogen-bond donors (Lipinski definition) is 0. The summed E-state index contributed by atoms with van der Waals surface area (Å²) in [5, 5.41) is 1.78. The van der Waals surface area contributed by atoms with E-state index in [1.54, 1.807) is 29.3 Å². The fraction of sp³-hybridized carbons (Fsp3) is 0.545. The molecular weight excluding hydrogens is 422 g/mol. The third kappa shape index (κ3) is 3.07. The van der Waals surface area contributed by atoms with E-state index >= 15 is 0 Å². The van der Waals surface area contributed by atoms with E-state index in [9.17, 15) is 19.2 Å². The molecule has 6 rings (SSSR count). The number of Topliss-reactive ketones (excluding diaryl/α,β-unsaturated/α-hetero) is 1. The van der Waals surface area contributed by atoms with Gasteiger partial charge in [0.15, 0.2) is 6.61 Å². The summed E-state index contributed by atoms with van der Waals surface area (Å²) in [5.41, 5.74) is 0. The molecule has 0 N–H and O–H groups in total. The molecule has 3 fully saturated rings. The normalized spacial score (nSPS) is 34.0. The van der Waals surface area contributed by atoms with Crippen LogP contribution in [0.1, 0.15) is 22.5 Å². The van der Waals surface area contributed by atoms with E-state index in [4.69, 9.17) is 4.74 Å². The molecule has 4 aliphatic carbocycles. The molecule has 0 aromatic carbocycles. The Balaban J connectivity index is 1.34. The highest BCUT2D eigenvalue weighted by atomic mass is 32.2. The number of carbonyl (C=O) groups is 4. The van der Waals surface area contributed by atoms with Crippen LogP contribution >= 0.6 is 23.1 Å². The SMILES string of the molecule is CSCC[C@H](C(=O)OCC(=O)c1cccs1)N1C(=O)[C@@H]2[C@@H]3C=C[C@H]([C@H]4C[C@H]34)[C@@H]2C1=O. The fourth-order valence-electron chi connectivity index (χ4n) is 5.61. The number of ether oxygens (including phenoxy) is 1. The average Bonchev–Trinajstić information content (AvgIpc) is 3.32. The second-order valence-corrected chi connectivity index (χ2v) is 10.4. The van der Waals surface area contributed by atoms with Gasteiger partial charge in [0.25, 0.3) is 0 Å². The van der Waals surface area contributed by atoms with Crippen LogP contribution in [0.3, 0.4) is 0 Å². The summed E-state index contributed by atoms with van der Waals surface area (Å²) in [4.78, 5) is 53.5. The van der Waals surface area contributed by atoms with Gasteiger partial charge < -0.3 is 4.74 Å². The van der Waals surface area contributed by atoms with Gasteiger partial charge in [-0.05, 0) is 60.0 Å². The van der Waals surface area contributed by atoms with Gasteiger partial charge >= 0.3 is 5.97 Å². The van der Waals surface area contributed by atoms with Gasteiger partial charge in [0.05, 0.1) is 16.7 Å². The molecule has 6 nitrogen and oxygen atoms in total. The van der Waals surface area contributed by atoms with Crippen LogP contribution in [0.15, 0.2) is 29.7 Å². The van der Waals surface area contributed by atoms with Crippen LogP contribution < -0.4 is 0 Å². The molecule has 2 amide bonds. The molecule has 2 bridgehead atoms. The van der Waals surface area contributed by atoms with Crippen molar-refractivity contribution in [3.63, 3.8) is 0 Å². The van der Waals surface area contributed by atoms with Crippen LogP contribution in [0, 0.1) is 35.5 Å². The molecule has 8 heteroatoms. The zero-order valence-corrected chi connectivity index (χ0v) is 18.2. The first kappa shape index (κ1) is 20.0. The number of imide groups is 1. The number of nitrogens with zero attached hydrogens (tertiary/aromatic N) is 1. The molecule has 5 aliphatic rings. The molecule has 2 heterocycles. The van der Waals surface area contributed by atoms with Crippen molar-refractivity contribution in [3.05, 3.63) is 34.5 Å². The van der Waals surface area contributed by atoms with E-state index < -0.39 is 12.0 Å². The van der Waals surface area contributed by atoms with Gasteiger partial charge in [-0.3, -0.25) is 19.3 Å². The van der Waals surface area contributed by atoms with Crippen LogP contribution in [-0.2, 0) is 19.1 Å². The standard InChI is InChI=1S/C22H23NO5S2/c1-29-8-6-15(22(27)28-10-16(24)17-3-2-7-30-17)23-20(25)18-11-4-5-12(14-9-13(11)14)19(18)21(23)26/h2-5,7,11-15,18-19H,6,8-10H2,1H3/t11-,12-,13-,14-,15-,18-,19+/m1/s1. The van der Waals surface area contributed by atoms with Crippen LogP contribution in [0.2, 0.25) is 0 Å². The van der Waals surface area contributed by atoms with Crippen molar-refractivity contribution in [1.82, 2.24) is 4.90 Å². The Morgan fingerprint density at radius 3 is 2.43 bits per heavy atom. The molecule has 1 aromatic rings. The quantitative estimate of drug-likeness (QED) is 0.265. The lowest BCUT2D eigenvalue weighted by Crippen LogP contribution is -2.47. The number of allylic oxidation sites excluding steroid dienone is 2. The maximum absolute atomic E-state index is 13.3. The molecule has 1 saturated heterocycles. The lowest BCUT2D eigenvalue weighted by Gasteiger charge is -2.37. The fourth-order valence-corrected chi connectivity index (χ4v) is 6.72. The van der Waals surface area contributed by atoms with Gasteiger partial charge in [-0.1, -0.05) is 18.2 Å². The molecule has 0 spiro atoms. The number of hydrogen-bond acceptors (Lipinski definition) is 7. The maximum Gasteiger partial charge on any atom is 0.329 e. The predicted molar refractivity (Wildman–Crippen MR) is 113 cm³/mol. The van der Waals surface area contributed by atoms with Crippen molar-refractivity contribution >= 4 is 46.7 Å². The molecule has 1 aliphatic heterocycles. The smallest absolute Gasteiger partial charge is 0.329 e. The molecule has 1 aromatic heterocycles. The molecule has 2 saturated carbocycles. The van der Waals surface area contributed by atoms with Gasteiger partial charge in [-0.2, -0.15) is 11.8 Å². The molecule has 158 valence electrons. The second kappa shape index (κ2) is 7.64. The highest BCUT2D eigenvalue weighted by Crippen LogP contribution is 2.65. The molecule has 7 atom stereocenters. The minimum atomic E-state index is -0.963. The number of carbonyl (C=O) groups excluding carboxylic acids is 4. The summed E-state index contributed by atoms with van der Waals surface area (Å²) in [7, 11) is 0. The topological polar surface area (TPSA) is 80.8 Å². The lowest BCUT2D eigenvalue weighted by atomic mass is 9.63. The number of thioether (sulfide) groups is 1. The van der Waals surface area contributed by atoms with Crippen molar-refractivity contribution in [3.8, 4) is 0 Å². The monoisotopic (exact) mass is 445 g/mol. The summed E-state index contributed by atoms with van der Waals surface area (Å²) in [6.45, 7) is -0.380. The summed E-state index contributed by atoms with van der Waals surface area (Å²) in [6.07, 6.45) is 7.57. The number of thiophene rings is 1. The summed E-state index contributed by atoms with van der Waals surface area (Å²) < 4.78 is 5.30. The third-order valence-corrected chi connectivity index (χ3v) is 8.57. The Hall–Kier alpha value is -1.93. The van der Waals surface area contributed by atoms with E-state index in [1.165, 1.54) is 16.2 Å². The Kier molecular flexibility index (Phi) is 5.09. The van der Waals surface area contributed by atoms with Crippen molar-refractivity contribution in [2.24, 2.45) is 35.5 Å². The Morgan fingerprint density at radius 1 is 1.20 bits per heavy atom. The lowest BCUT2D eigenvalue weighted by molar-refractivity contribution is -0.158. The predicted octanol–water partition coefficient (Wildman–Crippen LogP) is 2.65. The van der Waals surface area contributed by atoms with Crippen molar-refractivity contribution in [1.29, 1.82) is 0 Å². The van der Waals surface area contributed by atoms with Crippen LogP contribution in [0.25, 0.3) is 0 Å². The van der Waals surface area contributed by atoms with Crippen LogP contribution in [-0.4, -0.2) is 53.1 Å². The summed E-state index contributed by atoms with van der Waals surface area (Å²) >= 11 is 2.83. The average molecular weight is 446 g/mol. The Labute approximate surface area is 183 Å². The number of ketones is 1. The van der Waals surface area contributed by atoms with Gasteiger partial charge in [-0.15, -0.1) is 11.3 Å². The first-order valence-electron chi connectivity index (χ1n) is 10.3. The van der Waals surface area contributed by atoms with Gasteiger partial charge in [0.2, 0.25) is 17.6 Å². The van der Waals surface area contributed by atoms with E-state index in [-0.39, 0.29) is 47.9 Å². The molecular formula is C22H23NO5S2. The van der Waals surface area contributed by atoms with Gasteiger partial charge in [0, 0.05) is 0 Å². The summed E-state index contributed by atoms with van der Waals surface area (Å²) in [6, 6.07) is 2.48. The highest BCUT2D eigenvalue weighted by molar-refractivity contribution is 7.98. The first-order chi connectivity index (χ1) is 14.5. The maximum atomic E-state index is 13.3. The second-order valence-electron chi connectivity index (χ2n) is 8.51. The van der Waals surface area contributed by atoms with Gasteiger partial charge in [0.1, 0.15) is 6.04 Å². The number of rotatable bonds is 8. The minimum absolute atomic E-state index is 0.115. The number of esters is 1. The Morgan fingerprint density at radius 2 is 1.87 bits per heavy atom. The first-order valence-corrected chi connectivity index (χ1v) is 12.6. The molecule has 30 heavy (non-hydrogen) atoms.